The van der Waals surface area contributed by atoms with E-state index in [9.17, 15) is 0 Å². The Bertz CT molecular complexity index is 177. The molecule has 1 saturated heterocycles. The van der Waals surface area contributed by atoms with Crippen LogP contribution in [-0.4, -0.2) is 12.2 Å². The number of rotatable bonds is 0. The van der Waals surface area contributed by atoms with E-state index in [2.05, 4.69) is 32.6 Å². The van der Waals surface area contributed by atoms with Crippen LogP contribution in [-0.2, 0) is 4.74 Å². The minimum absolute atomic E-state index is 0.135. The zero-order valence-electron chi connectivity index (χ0n) is 7.61. The van der Waals surface area contributed by atoms with E-state index in [1.54, 1.807) is 0 Å². The summed E-state index contributed by atoms with van der Waals surface area (Å²) in [5.41, 5.74) is -0.135. The van der Waals surface area contributed by atoms with Crippen LogP contribution in [0.3, 0.4) is 0 Å². The highest BCUT2D eigenvalue weighted by atomic mass is 16.5. The van der Waals surface area contributed by atoms with Gasteiger partial charge in [0.1, 0.15) is 5.60 Å². The van der Waals surface area contributed by atoms with Crippen molar-refractivity contribution in [1.82, 2.24) is 0 Å². The van der Waals surface area contributed by atoms with Gasteiger partial charge >= 0.3 is 0 Å². The van der Waals surface area contributed by atoms with Crippen LogP contribution in [0.4, 0.5) is 0 Å². The average molecular weight is 152 g/mol. The van der Waals surface area contributed by atoms with Crippen molar-refractivity contribution >= 4 is 0 Å². The first-order valence-electron chi connectivity index (χ1n) is 4.29. The molecule has 62 valence electrons. The highest BCUT2D eigenvalue weighted by Crippen LogP contribution is 2.23. The summed E-state index contributed by atoms with van der Waals surface area (Å²) in [6.45, 7) is 7.16. The van der Waals surface area contributed by atoms with Gasteiger partial charge in [-0.1, -0.05) is 25.7 Å². The summed E-state index contributed by atoms with van der Waals surface area (Å²) in [5.74, 6) is 6.79. The van der Waals surface area contributed by atoms with Gasteiger partial charge in [-0.2, -0.15) is 0 Å². The monoisotopic (exact) mass is 152 g/mol. The molecule has 1 unspecified atom stereocenters. The van der Waals surface area contributed by atoms with Gasteiger partial charge in [0, 0.05) is 12.5 Å². The molecule has 1 atom stereocenters. The van der Waals surface area contributed by atoms with Gasteiger partial charge in [0.2, 0.25) is 0 Å². The Morgan fingerprint density at radius 3 is 2.64 bits per heavy atom. The summed E-state index contributed by atoms with van der Waals surface area (Å²) in [6, 6.07) is 0. The predicted molar refractivity (Wildman–Crippen MR) is 46.2 cm³/mol. The van der Waals surface area contributed by atoms with Gasteiger partial charge in [0.15, 0.2) is 0 Å². The van der Waals surface area contributed by atoms with Crippen LogP contribution in [0.1, 0.15) is 33.6 Å². The highest BCUT2D eigenvalue weighted by Gasteiger charge is 2.26. The molecule has 1 nitrogen and oxygen atoms in total. The largest absolute Gasteiger partial charge is 0.363 e. The Morgan fingerprint density at radius 2 is 2.18 bits per heavy atom. The van der Waals surface area contributed by atoms with Crippen LogP contribution in [0.15, 0.2) is 0 Å². The quantitative estimate of drug-likeness (QED) is 0.484. The van der Waals surface area contributed by atoms with Crippen LogP contribution in [0.2, 0.25) is 0 Å². The molecule has 1 rings (SSSR count). The highest BCUT2D eigenvalue weighted by molar-refractivity contribution is 5.15. The van der Waals surface area contributed by atoms with Crippen LogP contribution in [0.5, 0.6) is 0 Å². The van der Waals surface area contributed by atoms with E-state index >= 15 is 0 Å². The van der Waals surface area contributed by atoms with Crippen molar-refractivity contribution in [1.29, 1.82) is 0 Å². The number of hydrogen-bond acceptors (Lipinski definition) is 1. The summed E-state index contributed by atoms with van der Waals surface area (Å²) in [5, 5.41) is 0. The summed E-state index contributed by atoms with van der Waals surface area (Å²) >= 11 is 0. The maximum atomic E-state index is 5.52. The zero-order chi connectivity index (χ0) is 8.32. The molecular formula is C10H16O. The fourth-order valence-electron chi connectivity index (χ4n) is 1.17. The van der Waals surface area contributed by atoms with Crippen molar-refractivity contribution in [2.45, 2.75) is 39.2 Å². The molecule has 1 aliphatic rings. The normalized spacial score (nSPS) is 30.2. The Balaban J connectivity index is 2.54. The van der Waals surface area contributed by atoms with E-state index in [1.807, 2.05) is 0 Å². The van der Waals surface area contributed by atoms with Crippen molar-refractivity contribution in [3.8, 4) is 11.8 Å². The molecule has 0 aromatic carbocycles. The predicted octanol–water partition coefficient (Wildman–Crippen LogP) is 2.21. The molecule has 11 heavy (non-hydrogen) atoms. The minimum Gasteiger partial charge on any atom is -0.363 e. The molecule has 1 fully saturated rings. The topological polar surface area (TPSA) is 9.23 Å². The molecule has 1 heterocycles. The summed E-state index contributed by atoms with van der Waals surface area (Å²) in [6.07, 6.45) is 2.25. The minimum atomic E-state index is -0.135. The van der Waals surface area contributed by atoms with E-state index < -0.39 is 0 Å². The average Bonchev–Trinajstić information content (AvgIpc) is 2.33. The fourth-order valence-corrected chi connectivity index (χ4v) is 1.17. The third-order valence-corrected chi connectivity index (χ3v) is 1.84. The third kappa shape index (κ3) is 2.55. The lowest BCUT2D eigenvalue weighted by atomic mass is 10.0. The van der Waals surface area contributed by atoms with Gasteiger partial charge in [-0.05, 0) is 19.8 Å². The lowest BCUT2D eigenvalue weighted by molar-refractivity contribution is 0.0693. The second kappa shape index (κ2) is 3.28. The molecule has 0 spiro atoms. The van der Waals surface area contributed by atoms with Crippen molar-refractivity contribution in [2.75, 3.05) is 6.61 Å². The van der Waals surface area contributed by atoms with Crippen molar-refractivity contribution in [3.63, 3.8) is 0 Å². The lowest BCUT2D eigenvalue weighted by Crippen LogP contribution is -2.19. The first-order chi connectivity index (χ1) is 5.12. The van der Waals surface area contributed by atoms with Crippen LogP contribution < -0.4 is 0 Å². The summed E-state index contributed by atoms with van der Waals surface area (Å²) in [7, 11) is 0. The van der Waals surface area contributed by atoms with Crippen LogP contribution in [0.25, 0.3) is 0 Å². The van der Waals surface area contributed by atoms with E-state index in [1.165, 1.54) is 0 Å². The molecule has 1 heteroatoms. The molecule has 0 amide bonds. The standard InChI is InChI=1S/C10H16O/c1-9(2)5-7-10(3)6-4-8-11-10/h9H,4,6,8H2,1-3H3. The first kappa shape index (κ1) is 8.62. The van der Waals surface area contributed by atoms with Crippen LogP contribution >= 0.6 is 0 Å². The number of hydrogen-bond donors (Lipinski definition) is 0. The Morgan fingerprint density at radius 1 is 1.45 bits per heavy atom. The lowest BCUT2D eigenvalue weighted by Gasteiger charge is -2.14. The van der Waals surface area contributed by atoms with Crippen molar-refractivity contribution in [3.05, 3.63) is 0 Å². The van der Waals surface area contributed by atoms with Crippen molar-refractivity contribution < 1.29 is 4.74 Å². The maximum Gasteiger partial charge on any atom is 0.125 e. The maximum absolute atomic E-state index is 5.52. The van der Waals surface area contributed by atoms with Gasteiger partial charge in [0.25, 0.3) is 0 Å². The smallest absolute Gasteiger partial charge is 0.125 e. The molecule has 1 aliphatic heterocycles. The molecule has 0 saturated carbocycles. The molecule has 0 aliphatic carbocycles. The Hall–Kier alpha value is -0.480. The molecular weight excluding hydrogens is 136 g/mol. The third-order valence-electron chi connectivity index (χ3n) is 1.84. The van der Waals surface area contributed by atoms with Gasteiger partial charge in [-0.15, -0.1) is 0 Å². The molecule has 0 aromatic rings. The second-order valence-corrected chi connectivity index (χ2v) is 3.61. The van der Waals surface area contributed by atoms with E-state index in [0.717, 1.165) is 19.4 Å². The fraction of sp³-hybridized carbons (Fsp3) is 0.800. The van der Waals surface area contributed by atoms with Gasteiger partial charge in [0.05, 0.1) is 0 Å². The van der Waals surface area contributed by atoms with Gasteiger partial charge in [-0.3, -0.25) is 0 Å². The van der Waals surface area contributed by atoms with Crippen molar-refractivity contribution in [2.24, 2.45) is 5.92 Å². The molecule has 0 N–H and O–H groups in total. The number of ether oxygens (including phenoxy) is 1. The second-order valence-electron chi connectivity index (χ2n) is 3.61. The van der Waals surface area contributed by atoms with Crippen LogP contribution in [0, 0.1) is 17.8 Å². The van der Waals surface area contributed by atoms with E-state index in [-0.39, 0.29) is 5.60 Å². The Kier molecular flexibility index (Phi) is 2.57. The molecule has 0 radical (unpaired) electrons. The zero-order valence-corrected chi connectivity index (χ0v) is 7.61. The summed E-state index contributed by atoms with van der Waals surface area (Å²) < 4.78 is 5.52. The first-order valence-corrected chi connectivity index (χ1v) is 4.29. The van der Waals surface area contributed by atoms with E-state index in [4.69, 9.17) is 4.74 Å². The van der Waals surface area contributed by atoms with Gasteiger partial charge < -0.3 is 4.74 Å². The van der Waals surface area contributed by atoms with E-state index in [0.29, 0.717) is 5.92 Å². The van der Waals surface area contributed by atoms with Gasteiger partial charge in [-0.25, -0.2) is 0 Å². The Labute approximate surface area is 69.1 Å². The molecule has 0 aromatic heterocycles. The molecule has 0 bridgehead atoms. The summed E-state index contributed by atoms with van der Waals surface area (Å²) in [4.78, 5) is 0. The SMILES string of the molecule is CC(C)C#CC1(C)CCCO1.